The molecule has 1 aromatic heterocycles. The minimum Gasteiger partial charge on any atom is -0.444 e. The summed E-state index contributed by atoms with van der Waals surface area (Å²) in [5.41, 5.74) is 9.06. The van der Waals surface area contributed by atoms with Crippen molar-refractivity contribution in [1.29, 1.82) is 0 Å². The number of aryl methyl sites for hydroxylation is 1. The van der Waals surface area contributed by atoms with Crippen LogP contribution >= 0.6 is 11.3 Å². The summed E-state index contributed by atoms with van der Waals surface area (Å²) in [5.74, 6) is -0.120. The predicted molar refractivity (Wildman–Crippen MR) is 182 cm³/mol. The van der Waals surface area contributed by atoms with Crippen molar-refractivity contribution in [2.24, 2.45) is 5.73 Å². The van der Waals surface area contributed by atoms with Gasteiger partial charge in [-0.15, -0.1) is 10.2 Å². The van der Waals surface area contributed by atoms with Gasteiger partial charge >= 0.3 is 6.09 Å². The van der Waals surface area contributed by atoms with Gasteiger partial charge in [-0.1, -0.05) is 65.9 Å². The number of nitrogens with two attached hydrogens (primary N) is 1. The van der Waals surface area contributed by atoms with E-state index in [0.29, 0.717) is 11.6 Å². The highest BCUT2D eigenvalue weighted by atomic mass is 32.1. The number of alkyl carbamates (subject to hydrolysis) is 1. The first kappa shape index (κ1) is 35.8. The van der Waals surface area contributed by atoms with Crippen LogP contribution in [0.1, 0.15) is 74.7 Å². The first-order valence-corrected chi connectivity index (χ1v) is 16.1. The Bertz CT molecular complexity index is 1510. The van der Waals surface area contributed by atoms with Gasteiger partial charge in [0.15, 0.2) is 0 Å². The average molecular weight is 648 g/mol. The molecule has 1 atom stereocenters. The molecular weight excluding hydrogens is 602 g/mol. The molecule has 2 aromatic carbocycles. The molecule has 3 aromatic rings. The van der Waals surface area contributed by atoms with E-state index in [1.165, 1.54) is 11.3 Å². The summed E-state index contributed by atoms with van der Waals surface area (Å²) in [4.78, 5) is 37.0. The zero-order valence-corrected chi connectivity index (χ0v) is 28.0. The monoisotopic (exact) mass is 647 g/mol. The fourth-order valence-electron chi connectivity index (χ4n) is 4.40. The Morgan fingerprint density at radius 2 is 1.67 bits per heavy atom. The van der Waals surface area contributed by atoms with E-state index in [-0.39, 0.29) is 30.1 Å². The third-order valence-electron chi connectivity index (χ3n) is 6.63. The van der Waals surface area contributed by atoms with Gasteiger partial charge in [-0.05, 0) is 75.8 Å². The maximum absolute atomic E-state index is 12.7. The van der Waals surface area contributed by atoms with Crippen LogP contribution < -0.4 is 27.0 Å². The SMILES string of the molecule is CN/C(=C\C=C(/N)NC(=O)Cc1cccc(C(C)NC(=O)OC(C)(C)C)c1)CCCCc1nnc(NC(=O)Cc2ccccc2)s1. The zero-order valence-electron chi connectivity index (χ0n) is 27.2. The molecule has 0 aliphatic carbocycles. The van der Waals surface area contributed by atoms with E-state index in [2.05, 4.69) is 31.5 Å². The smallest absolute Gasteiger partial charge is 0.408 e. The van der Waals surface area contributed by atoms with Crippen LogP contribution in [0.4, 0.5) is 9.93 Å². The summed E-state index contributed by atoms with van der Waals surface area (Å²) < 4.78 is 5.33. The number of nitrogens with one attached hydrogen (secondary N) is 4. The molecule has 0 aliphatic heterocycles. The fraction of sp³-hybridized carbons (Fsp3) is 0.382. The summed E-state index contributed by atoms with van der Waals surface area (Å²) in [7, 11) is 1.84. The molecule has 0 radical (unpaired) electrons. The third kappa shape index (κ3) is 13.5. The Morgan fingerprint density at radius 1 is 0.957 bits per heavy atom. The number of amides is 3. The highest BCUT2D eigenvalue weighted by molar-refractivity contribution is 7.15. The van der Waals surface area contributed by atoms with E-state index in [9.17, 15) is 14.4 Å². The molecule has 0 aliphatic rings. The number of allylic oxidation sites excluding steroid dienone is 3. The summed E-state index contributed by atoms with van der Waals surface area (Å²) >= 11 is 1.39. The molecule has 0 spiro atoms. The molecule has 1 unspecified atom stereocenters. The molecule has 3 amide bonds. The molecule has 0 saturated heterocycles. The van der Waals surface area contributed by atoms with E-state index in [1.807, 2.05) is 95.4 Å². The molecule has 0 bridgehead atoms. The molecule has 12 heteroatoms. The van der Waals surface area contributed by atoms with Crippen molar-refractivity contribution >= 4 is 34.4 Å². The lowest BCUT2D eigenvalue weighted by atomic mass is 10.0. The molecular formula is C34H45N7O4S. The molecule has 1 heterocycles. The number of hydrogen-bond donors (Lipinski definition) is 5. The topological polar surface area (TPSA) is 160 Å². The van der Waals surface area contributed by atoms with Gasteiger partial charge in [-0.2, -0.15) is 0 Å². The maximum atomic E-state index is 12.7. The van der Waals surface area contributed by atoms with Gasteiger partial charge in [0.05, 0.1) is 18.9 Å². The summed E-state index contributed by atoms with van der Waals surface area (Å²) in [6, 6.07) is 16.7. The van der Waals surface area contributed by atoms with Crippen molar-refractivity contribution in [3.63, 3.8) is 0 Å². The Labute approximate surface area is 275 Å². The largest absolute Gasteiger partial charge is 0.444 e. The number of unbranched alkanes of at least 4 members (excludes halogenated alkanes) is 1. The quantitative estimate of drug-likeness (QED) is 0.110. The van der Waals surface area contributed by atoms with Crippen molar-refractivity contribution in [3.05, 3.63) is 100.0 Å². The van der Waals surface area contributed by atoms with Crippen LogP contribution in [0.2, 0.25) is 0 Å². The van der Waals surface area contributed by atoms with Crippen molar-refractivity contribution < 1.29 is 19.1 Å². The number of rotatable bonds is 15. The van der Waals surface area contributed by atoms with Gasteiger partial charge in [-0.3, -0.25) is 9.59 Å². The zero-order chi connectivity index (χ0) is 33.5. The van der Waals surface area contributed by atoms with Gasteiger partial charge < -0.3 is 31.7 Å². The standard InChI is InChI=1S/C34H45N7O4S/c1-23(37-33(44)45-34(2,3)4)26-15-11-14-25(20-26)22-29(42)38-28(35)19-18-27(36-5)16-9-10-17-31-40-41-32(46-31)39-30(43)21-24-12-7-6-8-13-24/h6-8,11-15,18-20,23,36H,9-10,16-17,21-22,35H2,1-5H3,(H,37,44)(H,38,42)(H,39,41,43)/b27-18-,28-19+. The Kier molecular flexibility index (Phi) is 13.8. The van der Waals surface area contributed by atoms with Crippen LogP contribution in [0.3, 0.4) is 0 Å². The van der Waals surface area contributed by atoms with Crippen LogP contribution in [0.25, 0.3) is 0 Å². The minimum absolute atomic E-state index is 0.116. The second-order valence-electron chi connectivity index (χ2n) is 11.8. The predicted octanol–water partition coefficient (Wildman–Crippen LogP) is 5.28. The lowest BCUT2D eigenvalue weighted by Crippen LogP contribution is -2.34. The number of carbonyl (C=O) groups is 3. The van der Waals surface area contributed by atoms with E-state index >= 15 is 0 Å². The summed E-state index contributed by atoms with van der Waals surface area (Å²) in [6.45, 7) is 7.29. The third-order valence-corrected chi connectivity index (χ3v) is 7.52. The molecule has 46 heavy (non-hydrogen) atoms. The van der Waals surface area contributed by atoms with Crippen LogP contribution in [0.15, 0.2) is 78.3 Å². The molecule has 11 nitrogen and oxygen atoms in total. The van der Waals surface area contributed by atoms with Crippen molar-refractivity contribution in [2.75, 3.05) is 12.4 Å². The van der Waals surface area contributed by atoms with Gasteiger partial charge in [0.1, 0.15) is 16.4 Å². The molecule has 0 saturated carbocycles. The average Bonchev–Trinajstić information content (AvgIpc) is 3.43. The van der Waals surface area contributed by atoms with Crippen LogP contribution in [-0.4, -0.2) is 40.8 Å². The fourth-order valence-corrected chi connectivity index (χ4v) is 5.19. The van der Waals surface area contributed by atoms with Gasteiger partial charge in [0, 0.05) is 19.2 Å². The van der Waals surface area contributed by atoms with E-state index < -0.39 is 11.7 Å². The van der Waals surface area contributed by atoms with Crippen LogP contribution in [0.5, 0.6) is 0 Å². The summed E-state index contributed by atoms with van der Waals surface area (Å²) in [5, 5.41) is 21.2. The Hall–Kier alpha value is -4.71. The Balaban J connectivity index is 1.40. The van der Waals surface area contributed by atoms with Crippen molar-refractivity contribution in [1.82, 2.24) is 26.1 Å². The van der Waals surface area contributed by atoms with E-state index in [1.54, 1.807) is 6.08 Å². The lowest BCUT2D eigenvalue weighted by molar-refractivity contribution is -0.119. The van der Waals surface area contributed by atoms with Crippen molar-refractivity contribution in [2.45, 2.75) is 77.9 Å². The van der Waals surface area contributed by atoms with Gasteiger partial charge in [0.25, 0.3) is 0 Å². The first-order chi connectivity index (χ1) is 21.9. The molecule has 3 rings (SSSR count). The second-order valence-corrected chi connectivity index (χ2v) is 12.9. The molecule has 246 valence electrons. The number of ether oxygens (including phenoxy) is 1. The highest BCUT2D eigenvalue weighted by Crippen LogP contribution is 2.19. The lowest BCUT2D eigenvalue weighted by Gasteiger charge is -2.22. The van der Waals surface area contributed by atoms with E-state index in [0.717, 1.165) is 53.1 Å². The number of benzene rings is 2. The number of anilines is 1. The minimum atomic E-state index is -0.587. The van der Waals surface area contributed by atoms with Crippen LogP contribution in [0, 0.1) is 0 Å². The highest BCUT2D eigenvalue weighted by Gasteiger charge is 2.18. The number of hydrogen-bond acceptors (Lipinski definition) is 9. The van der Waals surface area contributed by atoms with Gasteiger partial charge in [0.2, 0.25) is 16.9 Å². The number of carbonyl (C=O) groups excluding carboxylic acids is 3. The second kappa shape index (κ2) is 17.7. The van der Waals surface area contributed by atoms with E-state index in [4.69, 9.17) is 10.5 Å². The van der Waals surface area contributed by atoms with Crippen molar-refractivity contribution in [3.8, 4) is 0 Å². The maximum Gasteiger partial charge on any atom is 0.408 e. The van der Waals surface area contributed by atoms with Crippen LogP contribution in [-0.2, 0) is 33.6 Å². The summed E-state index contributed by atoms with van der Waals surface area (Å²) in [6.07, 6.45) is 6.79. The molecule has 6 N–H and O–H groups in total. The number of nitrogens with zero attached hydrogens (tertiary/aromatic N) is 2. The Morgan fingerprint density at radius 3 is 2.39 bits per heavy atom. The first-order valence-electron chi connectivity index (χ1n) is 15.3. The normalized spacial score (nSPS) is 12.6. The molecule has 0 fully saturated rings. The van der Waals surface area contributed by atoms with Gasteiger partial charge in [-0.25, -0.2) is 4.79 Å². The number of aromatic nitrogens is 2.